The van der Waals surface area contributed by atoms with E-state index in [1.165, 1.54) is 17.4 Å². The fourth-order valence-electron chi connectivity index (χ4n) is 1.94. The van der Waals surface area contributed by atoms with Gasteiger partial charge in [0.25, 0.3) is 0 Å². The molecule has 0 fully saturated rings. The SMILES string of the molecule is NNc1nc2ccc(NCc3ccccc3F)cc2s1. The summed E-state index contributed by atoms with van der Waals surface area (Å²) in [6, 6.07) is 12.6. The number of benzene rings is 2. The number of nitrogen functional groups attached to an aromatic ring is 1. The zero-order chi connectivity index (χ0) is 13.9. The van der Waals surface area contributed by atoms with Gasteiger partial charge in [-0.15, -0.1) is 0 Å². The van der Waals surface area contributed by atoms with E-state index < -0.39 is 0 Å². The number of thiazole rings is 1. The largest absolute Gasteiger partial charge is 0.381 e. The van der Waals surface area contributed by atoms with E-state index in [0.717, 1.165) is 15.9 Å². The summed E-state index contributed by atoms with van der Waals surface area (Å²) in [6.45, 7) is 0.443. The van der Waals surface area contributed by atoms with E-state index in [1.54, 1.807) is 12.1 Å². The molecule has 0 atom stereocenters. The molecule has 0 radical (unpaired) electrons. The Morgan fingerprint density at radius 1 is 1.20 bits per heavy atom. The van der Waals surface area contributed by atoms with E-state index in [-0.39, 0.29) is 5.82 Å². The van der Waals surface area contributed by atoms with E-state index in [1.807, 2.05) is 24.3 Å². The van der Waals surface area contributed by atoms with Crippen LogP contribution in [0.3, 0.4) is 0 Å². The molecule has 0 aliphatic rings. The highest BCUT2D eigenvalue weighted by Crippen LogP contribution is 2.28. The van der Waals surface area contributed by atoms with E-state index in [0.29, 0.717) is 17.2 Å². The lowest BCUT2D eigenvalue weighted by molar-refractivity contribution is 0.613. The standard InChI is InChI=1S/C14H13FN4S/c15-11-4-2-1-3-9(11)8-17-10-5-6-12-13(7-10)20-14(18-12)19-16/h1-7,17H,8,16H2,(H,18,19). The Hall–Kier alpha value is -2.18. The normalized spacial score (nSPS) is 10.7. The van der Waals surface area contributed by atoms with Crippen LogP contribution in [0.15, 0.2) is 42.5 Å². The molecule has 0 aliphatic carbocycles. The smallest absolute Gasteiger partial charge is 0.198 e. The van der Waals surface area contributed by atoms with Crippen LogP contribution in [-0.4, -0.2) is 4.98 Å². The molecule has 0 saturated carbocycles. The summed E-state index contributed by atoms with van der Waals surface area (Å²) in [5, 5.41) is 3.88. The first-order valence-corrected chi connectivity index (χ1v) is 6.92. The molecule has 102 valence electrons. The third kappa shape index (κ3) is 2.56. The van der Waals surface area contributed by atoms with E-state index >= 15 is 0 Å². The van der Waals surface area contributed by atoms with Crippen molar-refractivity contribution >= 4 is 32.4 Å². The monoisotopic (exact) mass is 288 g/mol. The van der Waals surface area contributed by atoms with Gasteiger partial charge >= 0.3 is 0 Å². The molecule has 4 N–H and O–H groups in total. The van der Waals surface area contributed by atoms with Crippen LogP contribution in [0.5, 0.6) is 0 Å². The quantitative estimate of drug-likeness (QED) is 0.509. The zero-order valence-corrected chi connectivity index (χ0v) is 11.4. The lowest BCUT2D eigenvalue weighted by atomic mass is 10.2. The highest BCUT2D eigenvalue weighted by molar-refractivity contribution is 7.22. The number of hydrazine groups is 1. The van der Waals surface area contributed by atoms with Gasteiger partial charge < -0.3 is 5.32 Å². The van der Waals surface area contributed by atoms with Gasteiger partial charge in [-0.25, -0.2) is 15.2 Å². The molecule has 4 nitrogen and oxygen atoms in total. The highest BCUT2D eigenvalue weighted by Gasteiger charge is 2.04. The number of hydrogen-bond acceptors (Lipinski definition) is 5. The molecular formula is C14H13FN4S. The average molecular weight is 288 g/mol. The summed E-state index contributed by atoms with van der Waals surface area (Å²) >= 11 is 1.47. The van der Waals surface area contributed by atoms with Gasteiger partial charge in [-0.1, -0.05) is 29.5 Å². The fourth-order valence-corrected chi connectivity index (χ4v) is 2.75. The van der Waals surface area contributed by atoms with Crippen molar-refractivity contribution in [2.45, 2.75) is 6.54 Å². The summed E-state index contributed by atoms with van der Waals surface area (Å²) in [6.07, 6.45) is 0. The molecule has 1 heterocycles. The van der Waals surface area contributed by atoms with Gasteiger partial charge in [0.15, 0.2) is 5.13 Å². The van der Waals surface area contributed by atoms with E-state index in [2.05, 4.69) is 15.7 Å². The number of nitrogens with two attached hydrogens (primary N) is 1. The number of anilines is 2. The van der Waals surface area contributed by atoms with Gasteiger partial charge in [0.1, 0.15) is 5.82 Å². The third-order valence-corrected chi connectivity index (χ3v) is 3.90. The van der Waals surface area contributed by atoms with Crippen molar-refractivity contribution in [1.82, 2.24) is 4.98 Å². The Morgan fingerprint density at radius 2 is 2.05 bits per heavy atom. The maximum absolute atomic E-state index is 13.5. The topological polar surface area (TPSA) is 63.0 Å². The fraction of sp³-hybridized carbons (Fsp3) is 0.0714. The number of hydrogen-bond donors (Lipinski definition) is 3. The van der Waals surface area contributed by atoms with Crippen molar-refractivity contribution in [3.05, 3.63) is 53.8 Å². The molecule has 3 rings (SSSR count). The summed E-state index contributed by atoms with van der Waals surface area (Å²) in [7, 11) is 0. The lowest BCUT2D eigenvalue weighted by Crippen LogP contribution is -2.05. The molecule has 20 heavy (non-hydrogen) atoms. The Kier molecular flexibility index (Phi) is 3.49. The molecule has 0 unspecified atom stereocenters. The van der Waals surface area contributed by atoms with Crippen molar-refractivity contribution in [1.29, 1.82) is 0 Å². The van der Waals surface area contributed by atoms with Gasteiger partial charge in [0, 0.05) is 17.8 Å². The first-order chi connectivity index (χ1) is 9.76. The van der Waals surface area contributed by atoms with Crippen LogP contribution in [0.1, 0.15) is 5.56 Å². The van der Waals surface area contributed by atoms with E-state index in [4.69, 9.17) is 5.84 Å². The van der Waals surface area contributed by atoms with Crippen LogP contribution in [0.2, 0.25) is 0 Å². The number of halogens is 1. The van der Waals surface area contributed by atoms with Gasteiger partial charge in [0.05, 0.1) is 10.2 Å². The third-order valence-electron chi connectivity index (χ3n) is 2.95. The molecule has 3 aromatic rings. The Balaban J connectivity index is 1.79. The molecule has 0 bridgehead atoms. The summed E-state index contributed by atoms with van der Waals surface area (Å²) in [4.78, 5) is 4.30. The van der Waals surface area contributed by atoms with Crippen molar-refractivity contribution < 1.29 is 4.39 Å². The van der Waals surface area contributed by atoms with Crippen LogP contribution in [-0.2, 0) is 6.54 Å². The predicted octanol–water partition coefficient (Wildman–Crippen LogP) is 3.33. The van der Waals surface area contributed by atoms with Crippen LogP contribution in [0.4, 0.5) is 15.2 Å². The summed E-state index contributed by atoms with van der Waals surface area (Å²) in [5.41, 5.74) is 4.99. The second-order valence-electron chi connectivity index (χ2n) is 4.29. The summed E-state index contributed by atoms with van der Waals surface area (Å²) in [5.74, 6) is 5.14. The second-order valence-corrected chi connectivity index (χ2v) is 5.32. The van der Waals surface area contributed by atoms with Gasteiger partial charge in [0.2, 0.25) is 0 Å². The lowest BCUT2D eigenvalue weighted by Gasteiger charge is -2.07. The molecule has 2 aromatic carbocycles. The number of nitrogens with one attached hydrogen (secondary N) is 2. The predicted molar refractivity (Wildman–Crippen MR) is 81.2 cm³/mol. The first kappa shape index (κ1) is 12.8. The van der Waals surface area contributed by atoms with Crippen molar-refractivity contribution in [3.8, 4) is 0 Å². The number of nitrogens with zero attached hydrogens (tertiary/aromatic N) is 1. The van der Waals surface area contributed by atoms with Crippen LogP contribution in [0.25, 0.3) is 10.2 Å². The molecule has 0 saturated heterocycles. The number of aromatic nitrogens is 1. The number of rotatable bonds is 4. The highest BCUT2D eigenvalue weighted by atomic mass is 32.1. The average Bonchev–Trinajstić information content (AvgIpc) is 2.88. The minimum atomic E-state index is -0.200. The van der Waals surface area contributed by atoms with Crippen LogP contribution in [0, 0.1) is 5.82 Å². The molecular weight excluding hydrogens is 275 g/mol. The molecule has 0 amide bonds. The minimum absolute atomic E-state index is 0.200. The second kappa shape index (κ2) is 5.44. The molecule has 0 aliphatic heterocycles. The van der Waals surface area contributed by atoms with Gasteiger partial charge in [-0.05, 0) is 24.3 Å². The first-order valence-electron chi connectivity index (χ1n) is 6.11. The zero-order valence-electron chi connectivity index (χ0n) is 10.6. The molecule has 6 heteroatoms. The van der Waals surface area contributed by atoms with Crippen molar-refractivity contribution in [3.63, 3.8) is 0 Å². The summed E-state index contributed by atoms with van der Waals surface area (Å²) < 4.78 is 14.5. The van der Waals surface area contributed by atoms with E-state index in [9.17, 15) is 4.39 Å². The Labute approximate surface area is 119 Å². The molecule has 1 aromatic heterocycles. The maximum atomic E-state index is 13.5. The Bertz CT molecular complexity index is 741. The minimum Gasteiger partial charge on any atom is -0.381 e. The van der Waals surface area contributed by atoms with Gasteiger partial charge in [-0.3, -0.25) is 5.43 Å². The number of fused-ring (bicyclic) bond motifs is 1. The maximum Gasteiger partial charge on any atom is 0.198 e. The van der Waals surface area contributed by atoms with Crippen LogP contribution >= 0.6 is 11.3 Å². The van der Waals surface area contributed by atoms with Crippen molar-refractivity contribution in [2.24, 2.45) is 5.84 Å². The molecule has 0 spiro atoms. The van der Waals surface area contributed by atoms with Crippen LogP contribution < -0.4 is 16.6 Å². The van der Waals surface area contributed by atoms with Gasteiger partial charge in [-0.2, -0.15) is 0 Å². The van der Waals surface area contributed by atoms with Crippen molar-refractivity contribution in [2.75, 3.05) is 10.7 Å². The Morgan fingerprint density at radius 3 is 2.85 bits per heavy atom.